The number of hydrogen-bond donors (Lipinski definition) is 1. The summed E-state index contributed by atoms with van der Waals surface area (Å²) in [4.78, 5) is 14.1. The molecule has 126 valence electrons. The van der Waals surface area contributed by atoms with Crippen LogP contribution >= 0.6 is 0 Å². The molecule has 1 amide bonds. The molecule has 3 atom stereocenters. The molecule has 2 aromatic carbocycles. The van der Waals surface area contributed by atoms with Crippen LogP contribution in [0.4, 0.5) is 8.78 Å². The summed E-state index contributed by atoms with van der Waals surface area (Å²) >= 11 is 0. The third-order valence-electron chi connectivity index (χ3n) is 4.65. The number of rotatable bonds is 5. The minimum absolute atomic E-state index is 0.00313. The normalized spacial score (nSPS) is 21.5. The van der Waals surface area contributed by atoms with Crippen molar-refractivity contribution in [1.29, 1.82) is 0 Å². The van der Waals surface area contributed by atoms with Gasteiger partial charge in [0, 0.05) is 12.6 Å². The number of halogens is 2. The van der Waals surface area contributed by atoms with Crippen molar-refractivity contribution in [2.24, 2.45) is 0 Å². The fourth-order valence-electron chi connectivity index (χ4n) is 3.20. The van der Waals surface area contributed by atoms with Gasteiger partial charge in [-0.2, -0.15) is 0 Å². The molecule has 0 aliphatic carbocycles. The van der Waals surface area contributed by atoms with Crippen LogP contribution in [0.15, 0.2) is 48.5 Å². The molecule has 1 N–H and O–H groups in total. The number of likely N-dealkylation sites (tertiary alicyclic amines) is 1. The third-order valence-corrected chi connectivity index (χ3v) is 4.65. The largest absolute Gasteiger partial charge is 0.388 e. The molecule has 1 saturated heterocycles. The Morgan fingerprint density at radius 1 is 1.04 bits per heavy atom. The lowest BCUT2D eigenvalue weighted by Gasteiger charge is -2.46. The van der Waals surface area contributed by atoms with Gasteiger partial charge in [0.05, 0.1) is 12.0 Å². The molecule has 0 radical (unpaired) electrons. The van der Waals surface area contributed by atoms with Crippen LogP contribution in [0.25, 0.3) is 0 Å². The molecule has 2 unspecified atom stereocenters. The zero-order chi connectivity index (χ0) is 17.3. The van der Waals surface area contributed by atoms with E-state index in [4.69, 9.17) is 0 Å². The number of carbonyl (C=O) groups is 1. The third kappa shape index (κ3) is 3.17. The molecule has 3 rings (SSSR count). The maximum Gasteiger partial charge on any atom is 0.232 e. The average molecular weight is 331 g/mol. The van der Waals surface area contributed by atoms with Crippen LogP contribution in [0.5, 0.6) is 0 Å². The predicted octanol–water partition coefficient (Wildman–Crippen LogP) is 3.40. The smallest absolute Gasteiger partial charge is 0.232 e. The van der Waals surface area contributed by atoms with Gasteiger partial charge in [0.25, 0.3) is 0 Å². The van der Waals surface area contributed by atoms with E-state index in [1.807, 2.05) is 6.92 Å². The van der Waals surface area contributed by atoms with E-state index in [-0.39, 0.29) is 29.5 Å². The van der Waals surface area contributed by atoms with Crippen LogP contribution in [-0.2, 0) is 4.79 Å². The SMILES string of the molecule is CC1[C@H](c2ccc(F)cc2)C(=O)N1CCC(O)c1ccc(F)cc1. The quantitative estimate of drug-likeness (QED) is 0.853. The van der Waals surface area contributed by atoms with Crippen LogP contribution in [0.2, 0.25) is 0 Å². The zero-order valence-corrected chi connectivity index (χ0v) is 13.3. The number of benzene rings is 2. The highest BCUT2D eigenvalue weighted by molar-refractivity contribution is 5.90. The lowest BCUT2D eigenvalue weighted by molar-refractivity contribution is -0.149. The molecule has 1 aliphatic heterocycles. The second-order valence-corrected chi connectivity index (χ2v) is 6.16. The van der Waals surface area contributed by atoms with E-state index in [2.05, 4.69) is 0 Å². The summed E-state index contributed by atoms with van der Waals surface area (Å²) < 4.78 is 25.9. The van der Waals surface area contributed by atoms with Gasteiger partial charge in [-0.05, 0) is 48.7 Å². The Labute approximate surface area is 139 Å². The summed E-state index contributed by atoms with van der Waals surface area (Å²) in [7, 11) is 0. The molecular weight excluding hydrogens is 312 g/mol. The lowest BCUT2D eigenvalue weighted by Crippen LogP contribution is -2.58. The van der Waals surface area contributed by atoms with Crippen molar-refractivity contribution < 1.29 is 18.7 Å². The first-order valence-electron chi connectivity index (χ1n) is 7.97. The number of aliphatic hydroxyl groups excluding tert-OH is 1. The number of β-lactam (4-membered cyclic amide) rings is 1. The van der Waals surface area contributed by atoms with Gasteiger partial charge in [0.2, 0.25) is 5.91 Å². The number of carbonyl (C=O) groups excluding carboxylic acids is 1. The summed E-state index contributed by atoms with van der Waals surface area (Å²) in [6.45, 7) is 2.37. The van der Waals surface area contributed by atoms with Crippen molar-refractivity contribution in [1.82, 2.24) is 4.90 Å². The van der Waals surface area contributed by atoms with Crippen molar-refractivity contribution >= 4 is 5.91 Å². The summed E-state index contributed by atoms with van der Waals surface area (Å²) in [5.41, 5.74) is 1.44. The topological polar surface area (TPSA) is 40.5 Å². The molecule has 5 heteroatoms. The van der Waals surface area contributed by atoms with E-state index in [1.54, 1.807) is 29.2 Å². The Bertz CT molecular complexity index is 715. The van der Waals surface area contributed by atoms with Crippen molar-refractivity contribution in [3.8, 4) is 0 Å². The van der Waals surface area contributed by atoms with Gasteiger partial charge >= 0.3 is 0 Å². The maximum atomic E-state index is 13.0. The Kier molecular flexibility index (Phi) is 4.62. The molecule has 0 spiro atoms. The molecule has 1 fully saturated rings. The molecule has 0 aromatic heterocycles. The van der Waals surface area contributed by atoms with Crippen LogP contribution < -0.4 is 0 Å². The van der Waals surface area contributed by atoms with Gasteiger partial charge in [-0.1, -0.05) is 24.3 Å². The highest BCUT2D eigenvalue weighted by Crippen LogP contribution is 2.36. The summed E-state index contributed by atoms with van der Waals surface area (Å²) in [6.07, 6.45) is -0.354. The zero-order valence-electron chi connectivity index (χ0n) is 13.3. The van der Waals surface area contributed by atoms with Gasteiger partial charge in [-0.15, -0.1) is 0 Å². The standard InChI is InChI=1S/C19H19F2NO2/c1-12-18(14-4-8-16(21)9-5-14)19(24)22(12)11-10-17(23)13-2-6-15(20)7-3-13/h2-9,12,17-18,23H,10-11H2,1H3/t12?,17?,18-/m1/s1. The van der Waals surface area contributed by atoms with Crippen LogP contribution in [-0.4, -0.2) is 28.5 Å². The van der Waals surface area contributed by atoms with E-state index >= 15 is 0 Å². The van der Waals surface area contributed by atoms with Gasteiger partial charge in [-0.25, -0.2) is 8.78 Å². The lowest BCUT2D eigenvalue weighted by atomic mass is 9.82. The molecule has 0 saturated carbocycles. The number of hydrogen-bond acceptors (Lipinski definition) is 2. The van der Waals surface area contributed by atoms with Gasteiger partial charge in [-0.3, -0.25) is 4.79 Å². The minimum atomic E-state index is -0.740. The number of aliphatic hydroxyl groups is 1. The molecule has 1 heterocycles. The van der Waals surface area contributed by atoms with E-state index in [1.165, 1.54) is 24.3 Å². The number of nitrogens with zero attached hydrogens (tertiary/aromatic N) is 1. The second kappa shape index (κ2) is 6.69. The first kappa shape index (κ1) is 16.6. The molecule has 1 aliphatic rings. The summed E-state index contributed by atoms with van der Waals surface area (Å²) in [5, 5.41) is 10.2. The van der Waals surface area contributed by atoms with Crippen molar-refractivity contribution in [2.75, 3.05) is 6.54 Å². The van der Waals surface area contributed by atoms with Crippen LogP contribution in [0.3, 0.4) is 0 Å². The van der Waals surface area contributed by atoms with Gasteiger partial charge < -0.3 is 10.0 Å². The first-order chi connectivity index (χ1) is 11.5. The monoisotopic (exact) mass is 331 g/mol. The minimum Gasteiger partial charge on any atom is -0.388 e. The highest BCUT2D eigenvalue weighted by Gasteiger charge is 2.44. The molecular formula is C19H19F2NO2. The maximum absolute atomic E-state index is 13.0. The molecule has 24 heavy (non-hydrogen) atoms. The van der Waals surface area contributed by atoms with E-state index in [0.717, 1.165) is 5.56 Å². The van der Waals surface area contributed by atoms with E-state index in [9.17, 15) is 18.7 Å². The molecule has 2 aromatic rings. The van der Waals surface area contributed by atoms with Crippen molar-refractivity contribution in [3.05, 3.63) is 71.3 Å². The first-order valence-corrected chi connectivity index (χ1v) is 7.97. The Balaban J connectivity index is 1.58. The molecule has 0 bridgehead atoms. The van der Waals surface area contributed by atoms with E-state index < -0.39 is 6.10 Å². The summed E-state index contributed by atoms with van der Waals surface area (Å²) in [6, 6.07) is 11.7. The highest BCUT2D eigenvalue weighted by atomic mass is 19.1. The van der Waals surface area contributed by atoms with Crippen molar-refractivity contribution in [3.63, 3.8) is 0 Å². The summed E-state index contributed by atoms with van der Waals surface area (Å²) in [5.74, 6) is -0.939. The Hall–Kier alpha value is -2.27. The van der Waals surface area contributed by atoms with Crippen molar-refractivity contribution in [2.45, 2.75) is 31.4 Å². The Morgan fingerprint density at radius 3 is 2.12 bits per heavy atom. The average Bonchev–Trinajstić information content (AvgIpc) is 2.57. The van der Waals surface area contributed by atoms with Crippen LogP contribution in [0, 0.1) is 11.6 Å². The van der Waals surface area contributed by atoms with Gasteiger partial charge in [0.15, 0.2) is 0 Å². The number of amides is 1. The predicted molar refractivity (Wildman–Crippen MR) is 86.3 cm³/mol. The van der Waals surface area contributed by atoms with Crippen LogP contribution in [0.1, 0.15) is 36.5 Å². The second-order valence-electron chi connectivity index (χ2n) is 6.16. The van der Waals surface area contributed by atoms with Gasteiger partial charge in [0.1, 0.15) is 11.6 Å². The fourth-order valence-corrected chi connectivity index (χ4v) is 3.20. The Morgan fingerprint density at radius 2 is 1.58 bits per heavy atom. The molecule has 3 nitrogen and oxygen atoms in total. The fraction of sp³-hybridized carbons (Fsp3) is 0.316. The van der Waals surface area contributed by atoms with E-state index in [0.29, 0.717) is 18.5 Å².